The largest absolute Gasteiger partial charge is 0.327 e. The summed E-state index contributed by atoms with van der Waals surface area (Å²) in [6.07, 6.45) is 0.932. The lowest BCUT2D eigenvalue weighted by molar-refractivity contribution is -0.118. The molecule has 4 nitrogen and oxygen atoms in total. The van der Waals surface area contributed by atoms with Crippen LogP contribution < -0.4 is 11.1 Å². The van der Waals surface area contributed by atoms with E-state index in [1.54, 1.807) is 24.3 Å². The molecule has 0 aromatic heterocycles. The number of benzene rings is 1. The highest BCUT2D eigenvalue weighted by molar-refractivity contribution is 6.30. The lowest BCUT2D eigenvalue weighted by Crippen LogP contribution is -2.53. The standard InChI is InChI=1S/C15H22ClN3O.ClH/c1-15(2)10-19(8-7-13(15)17)9-14(20)18-12-5-3-11(16)4-6-12;/h3-6,13H,7-10,17H2,1-2H3,(H,18,20);1H. The van der Waals surface area contributed by atoms with E-state index in [1.807, 2.05) is 0 Å². The molecular weight excluding hydrogens is 309 g/mol. The molecule has 1 aromatic carbocycles. The number of nitrogens with one attached hydrogen (secondary N) is 1. The van der Waals surface area contributed by atoms with Crippen molar-refractivity contribution in [3.05, 3.63) is 29.3 Å². The second-order valence-electron chi connectivity index (χ2n) is 6.15. The Bertz CT molecular complexity index is 476. The zero-order chi connectivity index (χ0) is 14.8. The van der Waals surface area contributed by atoms with Gasteiger partial charge >= 0.3 is 0 Å². The molecule has 1 amide bonds. The van der Waals surface area contributed by atoms with Crippen LogP contribution in [0.4, 0.5) is 5.69 Å². The summed E-state index contributed by atoms with van der Waals surface area (Å²) in [4.78, 5) is 14.2. The number of likely N-dealkylation sites (tertiary alicyclic amines) is 1. The maximum Gasteiger partial charge on any atom is 0.238 e. The Labute approximate surface area is 137 Å². The van der Waals surface area contributed by atoms with Crippen molar-refractivity contribution in [3.63, 3.8) is 0 Å². The number of hydrogen-bond donors (Lipinski definition) is 2. The average molecular weight is 332 g/mol. The van der Waals surface area contributed by atoms with E-state index in [-0.39, 0.29) is 29.8 Å². The highest BCUT2D eigenvalue weighted by atomic mass is 35.5. The number of nitrogens with two attached hydrogens (primary N) is 1. The number of rotatable bonds is 3. The maximum absolute atomic E-state index is 12.0. The molecule has 1 aliphatic rings. The number of piperidine rings is 1. The van der Waals surface area contributed by atoms with Crippen LogP contribution in [0.1, 0.15) is 20.3 Å². The van der Waals surface area contributed by atoms with Crippen molar-refractivity contribution in [3.8, 4) is 0 Å². The fourth-order valence-electron chi connectivity index (χ4n) is 2.56. The Hall–Kier alpha value is -0.810. The van der Waals surface area contributed by atoms with Gasteiger partial charge < -0.3 is 11.1 Å². The molecule has 0 spiro atoms. The summed E-state index contributed by atoms with van der Waals surface area (Å²) in [6.45, 7) is 6.43. The Morgan fingerprint density at radius 2 is 2.05 bits per heavy atom. The second kappa shape index (κ2) is 7.45. The number of carbonyl (C=O) groups is 1. The molecule has 0 radical (unpaired) electrons. The van der Waals surface area contributed by atoms with Crippen molar-refractivity contribution in [1.29, 1.82) is 0 Å². The van der Waals surface area contributed by atoms with Crippen molar-refractivity contribution >= 4 is 35.6 Å². The third kappa shape index (κ3) is 5.15. The van der Waals surface area contributed by atoms with Gasteiger partial charge in [0.25, 0.3) is 0 Å². The predicted octanol–water partition coefficient (Wildman–Crippen LogP) is 2.76. The minimum Gasteiger partial charge on any atom is -0.327 e. The third-order valence-electron chi connectivity index (χ3n) is 3.89. The SMILES string of the molecule is CC1(C)CN(CC(=O)Nc2ccc(Cl)cc2)CCC1N.Cl. The van der Waals surface area contributed by atoms with Crippen LogP contribution >= 0.6 is 24.0 Å². The summed E-state index contributed by atoms with van der Waals surface area (Å²) in [6, 6.07) is 7.34. The Morgan fingerprint density at radius 3 is 2.62 bits per heavy atom. The van der Waals surface area contributed by atoms with E-state index < -0.39 is 0 Å². The van der Waals surface area contributed by atoms with E-state index in [4.69, 9.17) is 17.3 Å². The first-order valence-electron chi connectivity index (χ1n) is 6.90. The van der Waals surface area contributed by atoms with E-state index in [0.29, 0.717) is 11.6 Å². The van der Waals surface area contributed by atoms with Gasteiger partial charge in [-0.15, -0.1) is 12.4 Å². The molecule has 0 bridgehead atoms. The van der Waals surface area contributed by atoms with Crippen LogP contribution in [0.2, 0.25) is 5.02 Å². The van der Waals surface area contributed by atoms with Crippen molar-refractivity contribution < 1.29 is 4.79 Å². The van der Waals surface area contributed by atoms with Crippen LogP contribution in [0.5, 0.6) is 0 Å². The molecule has 118 valence electrons. The average Bonchev–Trinajstić information content (AvgIpc) is 2.36. The number of amides is 1. The Morgan fingerprint density at radius 1 is 1.43 bits per heavy atom. The summed E-state index contributed by atoms with van der Waals surface area (Å²) in [5.74, 6) is -0.00130. The van der Waals surface area contributed by atoms with E-state index >= 15 is 0 Å². The third-order valence-corrected chi connectivity index (χ3v) is 4.14. The smallest absolute Gasteiger partial charge is 0.238 e. The molecule has 1 aromatic rings. The topological polar surface area (TPSA) is 58.4 Å². The first kappa shape index (κ1) is 18.2. The van der Waals surface area contributed by atoms with E-state index in [9.17, 15) is 4.79 Å². The summed E-state index contributed by atoms with van der Waals surface area (Å²) in [5.41, 5.74) is 6.93. The summed E-state index contributed by atoms with van der Waals surface area (Å²) >= 11 is 5.82. The quantitative estimate of drug-likeness (QED) is 0.895. The maximum atomic E-state index is 12.0. The van der Waals surface area contributed by atoms with Gasteiger partial charge in [-0.05, 0) is 36.1 Å². The summed E-state index contributed by atoms with van der Waals surface area (Å²) in [7, 11) is 0. The zero-order valence-corrected chi connectivity index (χ0v) is 14.0. The molecule has 1 unspecified atom stereocenters. The van der Waals surface area contributed by atoms with Crippen molar-refractivity contribution in [2.45, 2.75) is 26.3 Å². The van der Waals surface area contributed by atoms with Crippen molar-refractivity contribution in [1.82, 2.24) is 4.90 Å². The van der Waals surface area contributed by atoms with Crippen molar-refractivity contribution in [2.24, 2.45) is 11.1 Å². The number of hydrogen-bond acceptors (Lipinski definition) is 3. The fourth-order valence-corrected chi connectivity index (χ4v) is 2.68. The van der Waals surface area contributed by atoms with Gasteiger partial charge in [0.15, 0.2) is 0 Å². The zero-order valence-electron chi connectivity index (χ0n) is 12.4. The molecule has 2 rings (SSSR count). The molecule has 1 aliphatic heterocycles. The van der Waals surface area contributed by atoms with Gasteiger partial charge in [-0.25, -0.2) is 0 Å². The molecule has 1 atom stereocenters. The summed E-state index contributed by atoms with van der Waals surface area (Å²) in [5, 5.41) is 3.55. The lowest BCUT2D eigenvalue weighted by Gasteiger charge is -2.42. The van der Waals surface area contributed by atoms with Gasteiger partial charge in [-0.1, -0.05) is 25.4 Å². The van der Waals surface area contributed by atoms with E-state index in [2.05, 4.69) is 24.1 Å². The second-order valence-corrected chi connectivity index (χ2v) is 6.59. The molecule has 6 heteroatoms. The minimum absolute atomic E-state index is 0. The molecule has 0 saturated carbocycles. The predicted molar refractivity (Wildman–Crippen MR) is 90.1 cm³/mol. The molecule has 21 heavy (non-hydrogen) atoms. The molecule has 1 heterocycles. The number of halogens is 2. The Balaban J connectivity index is 0.00000220. The monoisotopic (exact) mass is 331 g/mol. The highest BCUT2D eigenvalue weighted by Crippen LogP contribution is 2.27. The van der Waals surface area contributed by atoms with Gasteiger partial charge in [0.2, 0.25) is 5.91 Å². The fraction of sp³-hybridized carbons (Fsp3) is 0.533. The first-order chi connectivity index (χ1) is 9.37. The van der Waals surface area contributed by atoms with Crippen LogP contribution in [0.15, 0.2) is 24.3 Å². The Kier molecular flexibility index (Phi) is 6.47. The summed E-state index contributed by atoms with van der Waals surface area (Å²) < 4.78 is 0. The lowest BCUT2D eigenvalue weighted by atomic mass is 9.80. The van der Waals surface area contributed by atoms with Crippen LogP contribution in [0.25, 0.3) is 0 Å². The van der Waals surface area contributed by atoms with Gasteiger partial charge in [-0.2, -0.15) is 0 Å². The molecule has 1 fully saturated rings. The van der Waals surface area contributed by atoms with Gasteiger partial charge in [0.05, 0.1) is 6.54 Å². The molecule has 3 N–H and O–H groups in total. The van der Waals surface area contributed by atoms with Crippen LogP contribution in [0, 0.1) is 5.41 Å². The number of anilines is 1. The van der Waals surface area contributed by atoms with Gasteiger partial charge in [0, 0.05) is 29.8 Å². The van der Waals surface area contributed by atoms with Crippen LogP contribution in [-0.2, 0) is 4.79 Å². The van der Waals surface area contributed by atoms with Crippen LogP contribution in [-0.4, -0.2) is 36.5 Å². The minimum atomic E-state index is -0.00130. The normalized spacial score (nSPS) is 21.4. The first-order valence-corrected chi connectivity index (χ1v) is 7.28. The highest BCUT2D eigenvalue weighted by Gasteiger charge is 2.33. The van der Waals surface area contributed by atoms with Gasteiger partial charge in [-0.3, -0.25) is 9.69 Å². The number of nitrogens with zero attached hydrogens (tertiary/aromatic N) is 1. The molecule has 0 aliphatic carbocycles. The van der Waals surface area contributed by atoms with Gasteiger partial charge in [0.1, 0.15) is 0 Å². The number of carbonyl (C=O) groups excluding carboxylic acids is 1. The molecule has 1 saturated heterocycles. The van der Waals surface area contributed by atoms with E-state index in [0.717, 1.165) is 25.2 Å². The van der Waals surface area contributed by atoms with Crippen LogP contribution in [0.3, 0.4) is 0 Å². The van der Waals surface area contributed by atoms with Crippen molar-refractivity contribution in [2.75, 3.05) is 25.0 Å². The van der Waals surface area contributed by atoms with E-state index in [1.165, 1.54) is 0 Å². The molecular formula is C15H23Cl2N3O.